The molecule has 0 aliphatic rings. The number of benzene rings is 1. The SMILES string of the molecule is C/C(=C\COSCc1ccccc1)CC/C=C(\C)CC(Cl)(Cl)Cl. The van der Waals surface area contributed by atoms with E-state index in [4.69, 9.17) is 39.0 Å². The van der Waals surface area contributed by atoms with Crippen molar-refractivity contribution in [2.24, 2.45) is 0 Å². The van der Waals surface area contributed by atoms with Gasteiger partial charge >= 0.3 is 0 Å². The van der Waals surface area contributed by atoms with Crippen molar-refractivity contribution in [3.05, 3.63) is 59.2 Å². The second kappa shape index (κ2) is 11.4. The normalized spacial score (nSPS) is 13.4. The third-order valence-electron chi connectivity index (χ3n) is 3.16. The second-order valence-electron chi connectivity index (χ2n) is 5.46. The number of hydrogen-bond acceptors (Lipinski definition) is 2. The van der Waals surface area contributed by atoms with Crippen LogP contribution in [0.2, 0.25) is 0 Å². The van der Waals surface area contributed by atoms with E-state index in [1.54, 1.807) is 0 Å². The van der Waals surface area contributed by atoms with Crippen LogP contribution < -0.4 is 0 Å². The summed E-state index contributed by atoms with van der Waals surface area (Å²) in [6, 6.07) is 10.3. The highest BCUT2D eigenvalue weighted by molar-refractivity contribution is 7.93. The molecule has 1 rings (SSSR count). The molecular formula is C18H23Cl3OS. The average molecular weight is 394 g/mol. The van der Waals surface area contributed by atoms with E-state index in [0.29, 0.717) is 13.0 Å². The summed E-state index contributed by atoms with van der Waals surface area (Å²) < 4.78 is 4.37. The van der Waals surface area contributed by atoms with Crippen LogP contribution in [-0.4, -0.2) is 10.4 Å². The molecule has 128 valence electrons. The molecule has 0 N–H and O–H groups in total. The summed E-state index contributed by atoms with van der Waals surface area (Å²) in [6.07, 6.45) is 6.66. The number of halogens is 3. The maximum Gasteiger partial charge on any atom is 0.194 e. The van der Waals surface area contributed by atoms with Gasteiger partial charge in [0.05, 0.1) is 6.61 Å². The zero-order valence-corrected chi connectivity index (χ0v) is 16.6. The van der Waals surface area contributed by atoms with Crippen LogP contribution in [-0.2, 0) is 9.94 Å². The molecule has 0 aliphatic carbocycles. The minimum absolute atomic E-state index is 0.472. The van der Waals surface area contributed by atoms with Gasteiger partial charge in [0.15, 0.2) is 3.79 Å². The first-order chi connectivity index (χ1) is 10.9. The van der Waals surface area contributed by atoms with Crippen LogP contribution in [0.3, 0.4) is 0 Å². The van der Waals surface area contributed by atoms with E-state index in [1.807, 2.05) is 25.1 Å². The summed E-state index contributed by atoms with van der Waals surface area (Å²) in [4.78, 5) is 0. The van der Waals surface area contributed by atoms with Crippen molar-refractivity contribution < 1.29 is 4.18 Å². The predicted molar refractivity (Wildman–Crippen MR) is 105 cm³/mol. The largest absolute Gasteiger partial charge is 0.311 e. The summed E-state index contributed by atoms with van der Waals surface area (Å²) in [7, 11) is 0. The van der Waals surface area contributed by atoms with Crippen LogP contribution in [0, 0.1) is 0 Å². The lowest BCUT2D eigenvalue weighted by Crippen LogP contribution is -2.01. The predicted octanol–water partition coefficient (Wildman–Crippen LogP) is 7.28. The van der Waals surface area contributed by atoms with Crippen molar-refractivity contribution in [1.82, 2.24) is 0 Å². The topological polar surface area (TPSA) is 9.23 Å². The van der Waals surface area contributed by atoms with Crippen LogP contribution >= 0.6 is 46.8 Å². The van der Waals surface area contributed by atoms with Crippen molar-refractivity contribution >= 4 is 46.8 Å². The van der Waals surface area contributed by atoms with Crippen LogP contribution in [0.4, 0.5) is 0 Å². The molecule has 0 radical (unpaired) electrons. The Labute approximate surface area is 159 Å². The van der Waals surface area contributed by atoms with Crippen molar-refractivity contribution in [3.63, 3.8) is 0 Å². The molecule has 0 unspecified atom stereocenters. The van der Waals surface area contributed by atoms with E-state index in [9.17, 15) is 0 Å². The number of rotatable bonds is 9. The quantitative estimate of drug-likeness (QED) is 0.188. The third-order valence-corrected chi connectivity index (χ3v) is 4.32. The van der Waals surface area contributed by atoms with Gasteiger partial charge in [-0.1, -0.05) is 88.4 Å². The van der Waals surface area contributed by atoms with Crippen molar-refractivity contribution in [1.29, 1.82) is 0 Å². The minimum Gasteiger partial charge on any atom is -0.311 e. The van der Waals surface area contributed by atoms with E-state index in [2.05, 4.69) is 31.2 Å². The number of allylic oxidation sites excluding steroid dienone is 3. The highest BCUT2D eigenvalue weighted by atomic mass is 35.6. The van der Waals surface area contributed by atoms with E-state index in [-0.39, 0.29) is 0 Å². The molecule has 1 aromatic carbocycles. The molecule has 0 amide bonds. The monoisotopic (exact) mass is 392 g/mol. The first-order valence-corrected chi connectivity index (χ1v) is 9.57. The molecule has 0 saturated heterocycles. The average Bonchev–Trinajstić information content (AvgIpc) is 2.46. The van der Waals surface area contributed by atoms with Gasteiger partial charge in [-0.3, -0.25) is 0 Å². The molecule has 5 heteroatoms. The van der Waals surface area contributed by atoms with Gasteiger partial charge in [-0.15, -0.1) is 0 Å². The van der Waals surface area contributed by atoms with Crippen LogP contribution in [0.1, 0.15) is 38.7 Å². The molecule has 0 aliphatic heterocycles. The highest BCUT2D eigenvalue weighted by Gasteiger charge is 2.19. The first-order valence-electron chi connectivity index (χ1n) is 7.53. The zero-order chi connectivity index (χ0) is 17.1. The smallest absolute Gasteiger partial charge is 0.194 e. The summed E-state index contributed by atoms with van der Waals surface area (Å²) in [5.74, 6) is 0.868. The van der Waals surface area contributed by atoms with E-state index >= 15 is 0 Å². The van der Waals surface area contributed by atoms with E-state index < -0.39 is 3.79 Å². The Morgan fingerprint density at radius 3 is 2.43 bits per heavy atom. The van der Waals surface area contributed by atoms with Crippen LogP contribution in [0.25, 0.3) is 0 Å². The fourth-order valence-corrected chi connectivity index (χ4v) is 3.15. The Morgan fingerprint density at radius 2 is 1.78 bits per heavy atom. The Hall–Kier alpha value is -0.120. The van der Waals surface area contributed by atoms with E-state index in [1.165, 1.54) is 23.2 Å². The molecule has 0 aromatic heterocycles. The molecule has 23 heavy (non-hydrogen) atoms. The lowest BCUT2D eigenvalue weighted by atomic mass is 10.1. The molecular weight excluding hydrogens is 371 g/mol. The summed E-state index contributed by atoms with van der Waals surface area (Å²) in [5, 5.41) is 0. The van der Waals surface area contributed by atoms with Crippen LogP contribution in [0.5, 0.6) is 0 Å². The van der Waals surface area contributed by atoms with Crippen molar-refractivity contribution in [3.8, 4) is 0 Å². The Bertz CT molecular complexity index is 507. The van der Waals surface area contributed by atoms with Gasteiger partial charge < -0.3 is 4.18 Å². The van der Waals surface area contributed by atoms with Gasteiger partial charge in [0.25, 0.3) is 0 Å². The Balaban J connectivity index is 2.16. The van der Waals surface area contributed by atoms with Crippen LogP contribution in [0.15, 0.2) is 53.6 Å². The van der Waals surface area contributed by atoms with Gasteiger partial charge in [0.2, 0.25) is 0 Å². The summed E-state index contributed by atoms with van der Waals surface area (Å²) in [5.41, 5.74) is 3.68. The van der Waals surface area contributed by atoms with E-state index in [0.717, 1.165) is 24.2 Å². The molecule has 0 bridgehead atoms. The highest BCUT2D eigenvalue weighted by Crippen LogP contribution is 2.33. The lowest BCUT2D eigenvalue weighted by molar-refractivity contribution is 0.426. The standard InChI is InChI=1S/C18H23Cl3OS/c1-15(7-6-8-16(2)13-18(19,20)21)11-12-22-23-14-17-9-4-3-5-10-17/h3-5,8-11H,6-7,12-14H2,1-2H3/b15-11+,16-8+. The van der Waals surface area contributed by atoms with Gasteiger partial charge in [-0.05, 0) is 44.3 Å². The molecule has 0 heterocycles. The van der Waals surface area contributed by atoms with Gasteiger partial charge in [-0.25, -0.2) is 0 Å². The van der Waals surface area contributed by atoms with Crippen molar-refractivity contribution in [2.75, 3.05) is 6.61 Å². The van der Waals surface area contributed by atoms with Gasteiger partial charge in [0, 0.05) is 12.2 Å². The molecule has 0 atom stereocenters. The second-order valence-corrected chi connectivity index (χ2v) is 8.74. The maximum absolute atomic E-state index is 5.77. The fourth-order valence-electron chi connectivity index (χ4n) is 1.94. The molecule has 0 saturated carbocycles. The summed E-state index contributed by atoms with van der Waals surface area (Å²) in [6.45, 7) is 4.73. The summed E-state index contributed by atoms with van der Waals surface area (Å²) >= 11 is 18.8. The molecule has 1 aromatic rings. The first kappa shape index (κ1) is 20.9. The van der Waals surface area contributed by atoms with Gasteiger partial charge in [-0.2, -0.15) is 0 Å². The maximum atomic E-state index is 5.77. The number of hydrogen-bond donors (Lipinski definition) is 0. The van der Waals surface area contributed by atoms with Gasteiger partial charge in [0.1, 0.15) is 0 Å². The fraction of sp³-hybridized carbons (Fsp3) is 0.444. The number of alkyl halides is 3. The molecule has 0 spiro atoms. The lowest BCUT2D eigenvalue weighted by Gasteiger charge is -2.10. The zero-order valence-electron chi connectivity index (χ0n) is 13.5. The minimum atomic E-state index is -1.20. The Kier molecular flexibility index (Phi) is 10.4. The third kappa shape index (κ3) is 12.0. The van der Waals surface area contributed by atoms with Crippen molar-refractivity contribution in [2.45, 2.75) is 42.7 Å². The Morgan fingerprint density at radius 1 is 1.09 bits per heavy atom. The molecule has 0 fully saturated rings. The molecule has 1 nitrogen and oxygen atoms in total.